The van der Waals surface area contributed by atoms with E-state index in [9.17, 15) is 26.4 Å². The van der Waals surface area contributed by atoms with E-state index in [4.69, 9.17) is 4.42 Å². The summed E-state index contributed by atoms with van der Waals surface area (Å²) in [7, 11) is -2.56. The van der Waals surface area contributed by atoms with Crippen molar-refractivity contribution in [2.75, 3.05) is 24.2 Å². The molecule has 0 radical (unpaired) electrons. The molecule has 0 spiro atoms. The molecule has 3 rings (SSSR count). The summed E-state index contributed by atoms with van der Waals surface area (Å²) in [5, 5.41) is 2.89. The van der Waals surface area contributed by atoms with Gasteiger partial charge in [0, 0.05) is 24.1 Å². The van der Waals surface area contributed by atoms with Gasteiger partial charge in [0.15, 0.2) is 0 Å². The molecule has 0 saturated carbocycles. The molecule has 1 N–H and O–H groups in total. The molecule has 10 heteroatoms. The maximum absolute atomic E-state index is 13.3. The van der Waals surface area contributed by atoms with Gasteiger partial charge in [0.2, 0.25) is 10.0 Å². The van der Waals surface area contributed by atoms with Crippen LogP contribution >= 0.6 is 0 Å². The molecule has 0 fully saturated rings. The second-order valence-corrected chi connectivity index (χ2v) is 8.62. The van der Waals surface area contributed by atoms with Crippen molar-refractivity contribution in [1.29, 1.82) is 0 Å². The molecule has 1 aromatic heterocycles. The van der Waals surface area contributed by atoms with Crippen molar-refractivity contribution in [3.8, 4) is 11.3 Å². The van der Waals surface area contributed by atoms with Crippen LogP contribution in [0.15, 0.2) is 40.8 Å². The van der Waals surface area contributed by atoms with Crippen LogP contribution in [0.5, 0.6) is 0 Å². The van der Waals surface area contributed by atoms with E-state index in [1.807, 2.05) is 0 Å². The van der Waals surface area contributed by atoms with Crippen LogP contribution in [0.1, 0.15) is 15.9 Å². The highest BCUT2D eigenvalue weighted by Gasteiger charge is 2.27. The lowest BCUT2D eigenvalue weighted by atomic mass is 10.0. The lowest BCUT2D eigenvalue weighted by Crippen LogP contribution is -2.34. The Labute approximate surface area is 171 Å². The maximum atomic E-state index is 13.3. The van der Waals surface area contributed by atoms with E-state index < -0.39 is 34.7 Å². The van der Waals surface area contributed by atoms with E-state index in [0.717, 1.165) is 6.26 Å². The van der Waals surface area contributed by atoms with Gasteiger partial charge in [-0.15, -0.1) is 0 Å². The van der Waals surface area contributed by atoms with E-state index in [2.05, 4.69) is 5.32 Å². The normalized spacial score (nSPS) is 11.8. The Bertz CT molecular complexity index is 1210. The summed E-state index contributed by atoms with van der Waals surface area (Å²) >= 11 is 0. The number of rotatable bonds is 6. The van der Waals surface area contributed by atoms with Gasteiger partial charge in [0.1, 0.15) is 17.2 Å². The summed E-state index contributed by atoms with van der Waals surface area (Å²) in [6.45, 7) is 0.537. The van der Waals surface area contributed by atoms with Gasteiger partial charge < -0.3 is 9.73 Å². The third-order valence-electron chi connectivity index (χ3n) is 4.54. The molecule has 1 heterocycles. The zero-order chi connectivity index (χ0) is 22.2. The molecule has 0 aliphatic carbocycles. The van der Waals surface area contributed by atoms with Crippen LogP contribution in [0.3, 0.4) is 0 Å². The lowest BCUT2D eigenvalue weighted by Gasteiger charge is -2.23. The Morgan fingerprint density at radius 3 is 2.37 bits per heavy atom. The third kappa shape index (κ3) is 4.13. The fourth-order valence-corrected chi connectivity index (χ4v) is 4.14. The Morgan fingerprint density at radius 2 is 1.83 bits per heavy atom. The highest BCUT2D eigenvalue weighted by Crippen LogP contribution is 2.38. The molecule has 0 saturated heterocycles. The zero-order valence-corrected chi connectivity index (χ0v) is 17.2. The van der Waals surface area contributed by atoms with Crippen molar-refractivity contribution in [3.63, 3.8) is 0 Å². The number of carbonyl (C=O) groups is 1. The molecule has 0 aliphatic heterocycles. The van der Waals surface area contributed by atoms with Crippen molar-refractivity contribution in [2.24, 2.45) is 0 Å². The maximum Gasteiger partial charge on any atom is 0.257 e. The minimum atomic E-state index is -3.99. The fraction of sp³-hybridized carbons (Fsp3) is 0.250. The summed E-state index contributed by atoms with van der Waals surface area (Å²) in [5.41, 5.74) is 1.13. The van der Waals surface area contributed by atoms with Crippen LogP contribution in [-0.2, 0) is 10.0 Å². The summed E-state index contributed by atoms with van der Waals surface area (Å²) in [4.78, 5) is 12.5. The number of halogens is 3. The quantitative estimate of drug-likeness (QED) is 0.630. The van der Waals surface area contributed by atoms with Crippen molar-refractivity contribution in [2.45, 2.75) is 13.3 Å². The number of anilines is 1. The number of hydrogen-bond acceptors (Lipinski definition) is 4. The molecule has 0 atom stereocenters. The predicted octanol–water partition coefficient (Wildman–Crippen LogP) is 3.94. The largest absolute Gasteiger partial charge is 0.455 e. The minimum absolute atomic E-state index is 0.0214. The number of nitrogens with one attached hydrogen (secondary N) is 1. The molecule has 160 valence electrons. The Hall–Kier alpha value is -3.01. The highest BCUT2D eigenvalue weighted by molar-refractivity contribution is 7.92. The number of aryl methyl sites for hydroxylation is 1. The first-order valence-corrected chi connectivity index (χ1v) is 10.7. The minimum Gasteiger partial charge on any atom is -0.455 e. The number of nitrogens with zero attached hydrogens (tertiary/aromatic N) is 1. The smallest absolute Gasteiger partial charge is 0.257 e. The molecule has 3 aromatic rings. The van der Waals surface area contributed by atoms with E-state index in [1.54, 1.807) is 6.92 Å². The molecule has 1 amide bonds. The Balaban J connectivity index is 2.28. The van der Waals surface area contributed by atoms with E-state index >= 15 is 0 Å². The summed E-state index contributed by atoms with van der Waals surface area (Å²) < 4.78 is 69.9. The van der Waals surface area contributed by atoms with Crippen LogP contribution in [0.4, 0.5) is 18.9 Å². The first-order valence-electron chi connectivity index (χ1n) is 8.84. The van der Waals surface area contributed by atoms with E-state index in [1.165, 1.54) is 43.4 Å². The van der Waals surface area contributed by atoms with Gasteiger partial charge in [-0.25, -0.2) is 21.6 Å². The van der Waals surface area contributed by atoms with Gasteiger partial charge >= 0.3 is 0 Å². The van der Waals surface area contributed by atoms with E-state index in [0.29, 0.717) is 20.8 Å². The standard InChI is InChI=1S/C20H19F3N2O4S/c1-11-8-14-16(9-15(11)25(10-17(22)23)30(3,27)28)29-19(18(14)20(26)24-2)12-4-6-13(21)7-5-12/h4-9,17H,10H2,1-3H3,(H,24,26). The van der Waals surface area contributed by atoms with E-state index in [-0.39, 0.29) is 22.6 Å². The molecular formula is C20H19F3N2O4S. The number of hydrogen-bond donors (Lipinski definition) is 1. The predicted molar refractivity (Wildman–Crippen MR) is 108 cm³/mol. The van der Waals surface area contributed by atoms with Crippen molar-refractivity contribution in [3.05, 3.63) is 53.3 Å². The second-order valence-electron chi connectivity index (χ2n) is 6.71. The number of furan rings is 1. The molecule has 6 nitrogen and oxygen atoms in total. The first-order chi connectivity index (χ1) is 14.0. The second kappa shape index (κ2) is 8.02. The zero-order valence-electron chi connectivity index (χ0n) is 16.4. The number of amides is 1. The average Bonchev–Trinajstić information content (AvgIpc) is 3.02. The summed E-state index contributed by atoms with van der Waals surface area (Å²) in [6, 6.07) is 8.12. The molecule has 30 heavy (non-hydrogen) atoms. The molecule has 2 aromatic carbocycles. The lowest BCUT2D eigenvalue weighted by molar-refractivity contribution is 0.0964. The van der Waals surface area contributed by atoms with Gasteiger partial charge in [-0.3, -0.25) is 9.10 Å². The van der Waals surface area contributed by atoms with Crippen LogP contribution in [0.2, 0.25) is 0 Å². The van der Waals surface area contributed by atoms with Crippen LogP contribution in [0.25, 0.3) is 22.3 Å². The van der Waals surface area contributed by atoms with Crippen molar-refractivity contribution in [1.82, 2.24) is 5.32 Å². The molecule has 0 unspecified atom stereocenters. The average molecular weight is 440 g/mol. The number of benzene rings is 2. The van der Waals surface area contributed by atoms with Gasteiger partial charge in [-0.2, -0.15) is 0 Å². The van der Waals surface area contributed by atoms with Gasteiger partial charge in [0.05, 0.1) is 24.1 Å². The number of alkyl halides is 2. The number of fused-ring (bicyclic) bond motifs is 1. The fourth-order valence-electron chi connectivity index (χ4n) is 3.20. The van der Waals surface area contributed by atoms with Gasteiger partial charge in [-0.1, -0.05) is 0 Å². The molecule has 0 aliphatic rings. The van der Waals surface area contributed by atoms with Gasteiger partial charge in [0.25, 0.3) is 12.3 Å². The third-order valence-corrected chi connectivity index (χ3v) is 5.69. The van der Waals surface area contributed by atoms with Crippen molar-refractivity contribution >= 4 is 32.6 Å². The first kappa shape index (κ1) is 21.7. The van der Waals surface area contributed by atoms with Crippen LogP contribution in [0, 0.1) is 12.7 Å². The monoisotopic (exact) mass is 440 g/mol. The molecule has 0 bridgehead atoms. The number of sulfonamides is 1. The molecular weight excluding hydrogens is 421 g/mol. The topological polar surface area (TPSA) is 79.6 Å². The van der Waals surface area contributed by atoms with Crippen LogP contribution < -0.4 is 9.62 Å². The Kier molecular flexibility index (Phi) is 5.80. The Morgan fingerprint density at radius 1 is 1.20 bits per heavy atom. The SMILES string of the molecule is CNC(=O)c1c(-c2ccc(F)cc2)oc2cc(N(CC(F)F)S(C)(=O)=O)c(C)cc12. The van der Waals surface area contributed by atoms with Crippen molar-refractivity contribution < 1.29 is 30.8 Å². The van der Waals surface area contributed by atoms with Crippen LogP contribution in [-0.4, -0.2) is 40.6 Å². The summed E-state index contributed by atoms with van der Waals surface area (Å²) in [5.74, 6) is -0.779. The number of carbonyl (C=O) groups excluding carboxylic acids is 1. The van der Waals surface area contributed by atoms with Gasteiger partial charge in [-0.05, 0) is 42.8 Å². The summed E-state index contributed by atoms with van der Waals surface area (Å²) in [6.07, 6.45) is -2.05. The highest BCUT2D eigenvalue weighted by atomic mass is 32.2.